The number of hydrogen-bond donors (Lipinski definition) is 1. The van der Waals surface area contributed by atoms with E-state index in [1.165, 1.54) is 11.3 Å². The van der Waals surface area contributed by atoms with Gasteiger partial charge in [0.1, 0.15) is 17.8 Å². The van der Waals surface area contributed by atoms with Gasteiger partial charge in [0.05, 0.1) is 11.7 Å². The highest BCUT2D eigenvalue weighted by molar-refractivity contribution is 5.90. The summed E-state index contributed by atoms with van der Waals surface area (Å²) in [5.41, 5.74) is 9.33. The predicted molar refractivity (Wildman–Crippen MR) is 82.9 cm³/mol. The molecular formula is C15H20N6. The minimum atomic E-state index is 0.567. The average molecular weight is 284 g/mol. The predicted octanol–water partition coefficient (Wildman–Crippen LogP) is 2.31. The van der Waals surface area contributed by atoms with Gasteiger partial charge in [-0.25, -0.2) is 15.0 Å². The second-order valence-corrected chi connectivity index (χ2v) is 5.33. The summed E-state index contributed by atoms with van der Waals surface area (Å²) in [5.74, 6) is 0.567. The van der Waals surface area contributed by atoms with Crippen LogP contribution >= 0.6 is 0 Å². The zero-order chi connectivity index (χ0) is 14.8. The van der Waals surface area contributed by atoms with Gasteiger partial charge < -0.3 is 14.9 Å². The maximum absolute atomic E-state index is 5.98. The van der Waals surface area contributed by atoms with Crippen molar-refractivity contribution in [2.45, 2.75) is 39.8 Å². The quantitative estimate of drug-likeness (QED) is 0.730. The Morgan fingerprint density at radius 1 is 1.14 bits per heavy atom. The molecule has 2 N–H and O–H groups in total. The number of rotatable bonds is 5. The molecule has 0 aliphatic carbocycles. The smallest absolute Gasteiger partial charge is 0.145 e. The number of anilines is 1. The van der Waals surface area contributed by atoms with Gasteiger partial charge in [0.15, 0.2) is 0 Å². The molecule has 0 spiro atoms. The lowest BCUT2D eigenvalue weighted by Gasteiger charge is -2.08. The fraction of sp³-hybridized carbons (Fsp3) is 0.400. The number of fused-ring (bicyclic) bond motifs is 1. The van der Waals surface area contributed by atoms with Gasteiger partial charge in [-0.3, -0.25) is 0 Å². The van der Waals surface area contributed by atoms with Crippen LogP contribution in [0.2, 0.25) is 0 Å². The molecule has 0 atom stereocenters. The number of nitrogens with two attached hydrogens (primary N) is 1. The van der Waals surface area contributed by atoms with Crippen LogP contribution in [-0.4, -0.2) is 24.1 Å². The van der Waals surface area contributed by atoms with E-state index >= 15 is 0 Å². The van der Waals surface area contributed by atoms with E-state index in [-0.39, 0.29) is 0 Å². The highest BCUT2D eigenvalue weighted by Gasteiger charge is 2.14. The molecule has 3 heterocycles. The average Bonchev–Trinajstić information content (AvgIpc) is 3.06. The molecule has 6 nitrogen and oxygen atoms in total. The summed E-state index contributed by atoms with van der Waals surface area (Å²) < 4.78 is 4.35. The number of imidazole rings is 1. The van der Waals surface area contributed by atoms with Crippen LogP contribution in [0.1, 0.15) is 24.1 Å². The second-order valence-electron chi connectivity index (χ2n) is 5.33. The number of nitrogens with zero attached hydrogens (tertiary/aromatic N) is 5. The molecule has 0 saturated heterocycles. The fourth-order valence-corrected chi connectivity index (χ4v) is 2.75. The minimum Gasteiger partial charge on any atom is -0.383 e. The zero-order valence-corrected chi connectivity index (χ0v) is 12.5. The third-order valence-corrected chi connectivity index (χ3v) is 4.04. The number of nitrogen functional groups attached to an aromatic ring is 1. The summed E-state index contributed by atoms with van der Waals surface area (Å²) in [6, 6.07) is 0. The summed E-state index contributed by atoms with van der Waals surface area (Å²) >= 11 is 0. The van der Waals surface area contributed by atoms with Gasteiger partial charge in [-0.2, -0.15) is 0 Å². The van der Waals surface area contributed by atoms with Gasteiger partial charge >= 0.3 is 0 Å². The number of aryl methyl sites for hydroxylation is 3. The zero-order valence-electron chi connectivity index (χ0n) is 12.5. The summed E-state index contributed by atoms with van der Waals surface area (Å²) in [4.78, 5) is 12.6. The molecule has 0 aliphatic heterocycles. The maximum atomic E-state index is 5.98. The molecule has 3 aromatic rings. The van der Waals surface area contributed by atoms with Crippen molar-refractivity contribution in [1.82, 2.24) is 24.1 Å². The van der Waals surface area contributed by atoms with E-state index in [1.54, 1.807) is 6.33 Å². The molecule has 3 rings (SSSR count). The van der Waals surface area contributed by atoms with Crippen LogP contribution in [0.15, 0.2) is 25.0 Å². The third kappa shape index (κ3) is 2.49. The normalized spacial score (nSPS) is 11.3. The first-order chi connectivity index (χ1) is 10.2. The topological polar surface area (TPSA) is 74.5 Å². The molecule has 21 heavy (non-hydrogen) atoms. The van der Waals surface area contributed by atoms with Gasteiger partial charge in [0, 0.05) is 31.2 Å². The summed E-state index contributed by atoms with van der Waals surface area (Å²) in [5, 5.41) is 0.990. The highest BCUT2D eigenvalue weighted by atomic mass is 15.1. The van der Waals surface area contributed by atoms with E-state index < -0.39 is 0 Å². The largest absolute Gasteiger partial charge is 0.383 e. The molecule has 3 aromatic heterocycles. The molecule has 0 bridgehead atoms. The fourth-order valence-electron chi connectivity index (χ4n) is 2.75. The number of unbranched alkanes of at least 4 members (excludes halogenated alkanes) is 1. The van der Waals surface area contributed by atoms with E-state index in [0.717, 1.165) is 37.0 Å². The molecule has 110 valence electrons. The van der Waals surface area contributed by atoms with Crippen LogP contribution in [-0.2, 0) is 13.1 Å². The molecule has 0 amide bonds. The van der Waals surface area contributed by atoms with Crippen molar-refractivity contribution in [3.05, 3.63) is 36.3 Å². The monoisotopic (exact) mass is 284 g/mol. The Balaban J connectivity index is 1.75. The van der Waals surface area contributed by atoms with Crippen LogP contribution < -0.4 is 5.73 Å². The molecule has 6 heteroatoms. The van der Waals surface area contributed by atoms with Crippen molar-refractivity contribution >= 4 is 16.9 Å². The molecular weight excluding hydrogens is 264 g/mol. The lowest BCUT2D eigenvalue weighted by atomic mass is 10.2. The van der Waals surface area contributed by atoms with Gasteiger partial charge in [0.25, 0.3) is 0 Å². The Morgan fingerprint density at radius 3 is 2.71 bits per heavy atom. The van der Waals surface area contributed by atoms with E-state index in [4.69, 9.17) is 5.73 Å². The lowest BCUT2D eigenvalue weighted by molar-refractivity contribution is 0.553. The van der Waals surface area contributed by atoms with Crippen LogP contribution in [0.25, 0.3) is 11.0 Å². The van der Waals surface area contributed by atoms with Crippen molar-refractivity contribution in [3.8, 4) is 0 Å². The van der Waals surface area contributed by atoms with Crippen LogP contribution in [0.4, 0.5) is 5.82 Å². The van der Waals surface area contributed by atoms with Gasteiger partial charge in [-0.15, -0.1) is 0 Å². The second kappa shape index (κ2) is 5.55. The van der Waals surface area contributed by atoms with Crippen molar-refractivity contribution in [2.24, 2.45) is 0 Å². The number of hydrogen-bond acceptors (Lipinski definition) is 4. The summed E-state index contributed by atoms with van der Waals surface area (Å²) in [7, 11) is 0. The Bertz CT molecular complexity index is 741. The first-order valence-electron chi connectivity index (χ1n) is 7.20. The molecule has 0 aromatic carbocycles. The molecule has 0 unspecified atom stereocenters. The third-order valence-electron chi connectivity index (χ3n) is 4.04. The van der Waals surface area contributed by atoms with Crippen molar-refractivity contribution in [3.63, 3.8) is 0 Å². The summed E-state index contributed by atoms with van der Waals surface area (Å²) in [6.07, 6.45) is 9.40. The standard InChI is InChI=1S/C15H20N6/c1-11-12(2)21(15-13(11)14(16)18-9-19-15)7-4-3-6-20-8-5-17-10-20/h5,8-10H,3-4,6-7H2,1-2H3,(H2,16,18,19). The Labute approximate surface area is 123 Å². The van der Waals surface area contributed by atoms with E-state index in [0.29, 0.717) is 5.82 Å². The minimum absolute atomic E-state index is 0.567. The number of aromatic nitrogens is 5. The molecule has 0 aliphatic rings. The van der Waals surface area contributed by atoms with Crippen molar-refractivity contribution in [2.75, 3.05) is 5.73 Å². The summed E-state index contributed by atoms with van der Waals surface area (Å²) in [6.45, 7) is 6.14. The SMILES string of the molecule is Cc1c(C)n(CCCCn2ccnc2)c2ncnc(N)c12. The van der Waals surface area contributed by atoms with Gasteiger partial charge in [-0.1, -0.05) is 0 Å². The molecule has 0 radical (unpaired) electrons. The van der Waals surface area contributed by atoms with Crippen molar-refractivity contribution in [1.29, 1.82) is 0 Å². The maximum Gasteiger partial charge on any atom is 0.145 e. The molecule has 0 fully saturated rings. The van der Waals surface area contributed by atoms with Crippen molar-refractivity contribution < 1.29 is 0 Å². The Morgan fingerprint density at radius 2 is 1.95 bits per heavy atom. The van der Waals surface area contributed by atoms with E-state index in [9.17, 15) is 0 Å². The van der Waals surface area contributed by atoms with Gasteiger partial charge in [-0.05, 0) is 32.3 Å². The van der Waals surface area contributed by atoms with Crippen LogP contribution in [0.5, 0.6) is 0 Å². The molecule has 0 saturated carbocycles. The first kappa shape index (κ1) is 13.6. The Hall–Kier alpha value is -2.37. The lowest BCUT2D eigenvalue weighted by Crippen LogP contribution is -2.04. The van der Waals surface area contributed by atoms with Crippen LogP contribution in [0.3, 0.4) is 0 Å². The highest BCUT2D eigenvalue weighted by Crippen LogP contribution is 2.27. The van der Waals surface area contributed by atoms with E-state index in [2.05, 4.69) is 37.9 Å². The Kier molecular flexibility index (Phi) is 3.60. The van der Waals surface area contributed by atoms with E-state index in [1.807, 2.05) is 18.7 Å². The van der Waals surface area contributed by atoms with Crippen LogP contribution in [0, 0.1) is 13.8 Å². The first-order valence-corrected chi connectivity index (χ1v) is 7.20. The van der Waals surface area contributed by atoms with Gasteiger partial charge in [0.2, 0.25) is 0 Å².